The fraction of sp³-hybridized carbons (Fsp3) is 0.458. The first-order valence-electron chi connectivity index (χ1n) is 10.5. The van der Waals surface area contributed by atoms with Gasteiger partial charge in [0.05, 0.1) is 6.10 Å². The van der Waals surface area contributed by atoms with Gasteiger partial charge in [0.15, 0.2) is 5.78 Å². The Morgan fingerprint density at radius 2 is 2.14 bits per heavy atom. The Labute approximate surface area is 178 Å². The molecule has 0 saturated heterocycles. The van der Waals surface area contributed by atoms with E-state index in [1.807, 2.05) is 31.2 Å². The fourth-order valence-electron chi connectivity index (χ4n) is 3.83. The Hall–Kier alpha value is -1.88. The second-order valence-electron chi connectivity index (χ2n) is 7.78. The second kappa shape index (κ2) is 10.8. The Balaban J connectivity index is 1.58. The van der Waals surface area contributed by atoms with Gasteiger partial charge in [-0.1, -0.05) is 36.7 Å². The minimum atomic E-state index is -0.587. The van der Waals surface area contributed by atoms with Gasteiger partial charge in [0, 0.05) is 24.0 Å². The number of hydrogen-bond donors (Lipinski definition) is 2. The molecule has 0 heterocycles. The molecule has 1 aliphatic carbocycles. The van der Waals surface area contributed by atoms with E-state index in [0.29, 0.717) is 24.0 Å². The first kappa shape index (κ1) is 21.8. The van der Waals surface area contributed by atoms with Crippen LogP contribution in [0.1, 0.15) is 55.4 Å². The van der Waals surface area contributed by atoms with Crippen molar-refractivity contribution in [2.45, 2.75) is 57.6 Å². The number of Topliss-reactive ketones (excluding diaryl/α,β-unsaturated/α-hetero) is 1. The number of rotatable bonds is 9. The molecule has 0 aliphatic heterocycles. The van der Waals surface area contributed by atoms with E-state index in [-0.39, 0.29) is 12.4 Å². The molecule has 5 heteroatoms. The van der Waals surface area contributed by atoms with E-state index in [2.05, 4.69) is 17.4 Å². The third-order valence-corrected chi connectivity index (χ3v) is 5.64. The average molecular weight is 416 g/mol. The lowest BCUT2D eigenvalue weighted by Crippen LogP contribution is -2.34. The zero-order chi connectivity index (χ0) is 20.6. The smallest absolute Gasteiger partial charge is 0.170 e. The van der Waals surface area contributed by atoms with Crippen molar-refractivity contribution in [1.82, 2.24) is 5.32 Å². The Morgan fingerprint density at radius 3 is 2.93 bits per heavy atom. The highest BCUT2D eigenvalue weighted by Gasteiger charge is 2.19. The maximum absolute atomic E-state index is 11.7. The molecule has 0 aromatic heterocycles. The molecule has 0 radical (unpaired) electrons. The minimum Gasteiger partial charge on any atom is -0.486 e. The van der Waals surface area contributed by atoms with Gasteiger partial charge in [-0.25, -0.2) is 0 Å². The summed E-state index contributed by atoms with van der Waals surface area (Å²) in [5, 5.41) is 14.6. The lowest BCUT2D eigenvalue weighted by Gasteiger charge is -2.20. The first-order valence-corrected chi connectivity index (χ1v) is 10.9. The SMILES string of the molecule is CCCC(=O)COc1ccc2c(c1)CC(NCC(O)c1cccc(Cl)c1)CCC2. The number of fused-ring (bicyclic) bond motifs is 1. The van der Waals surface area contributed by atoms with Gasteiger partial charge in [-0.2, -0.15) is 0 Å². The normalized spacial score (nSPS) is 17.3. The molecule has 0 bridgehead atoms. The van der Waals surface area contributed by atoms with Crippen LogP contribution in [0.4, 0.5) is 0 Å². The van der Waals surface area contributed by atoms with E-state index in [1.54, 1.807) is 6.07 Å². The van der Waals surface area contributed by atoms with Gasteiger partial charge in [-0.15, -0.1) is 0 Å². The van der Waals surface area contributed by atoms with E-state index >= 15 is 0 Å². The number of aliphatic hydroxyl groups is 1. The van der Waals surface area contributed by atoms with Gasteiger partial charge in [-0.3, -0.25) is 4.79 Å². The highest BCUT2D eigenvalue weighted by Crippen LogP contribution is 2.26. The number of carbonyl (C=O) groups excluding carboxylic acids is 1. The van der Waals surface area contributed by atoms with Gasteiger partial charge in [0.25, 0.3) is 0 Å². The van der Waals surface area contributed by atoms with Crippen LogP contribution in [0, 0.1) is 0 Å². The summed E-state index contributed by atoms with van der Waals surface area (Å²) in [7, 11) is 0. The van der Waals surface area contributed by atoms with Crippen molar-refractivity contribution in [3.05, 3.63) is 64.2 Å². The maximum Gasteiger partial charge on any atom is 0.170 e. The monoisotopic (exact) mass is 415 g/mol. The number of ketones is 1. The number of aliphatic hydroxyl groups excluding tert-OH is 1. The number of benzene rings is 2. The van der Waals surface area contributed by atoms with Crippen molar-refractivity contribution < 1.29 is 14.6 Å². The summed E-state index contributed by atoms with van der Waals surface area (Å²) in [5.74, 6) is 0.893. The largest absolute Gasteiger partial charge is 0.486 e. The third-order valence-electron chi connectivity index (χ3n) is 5.40. The van der Waals surface area contributed by atoms with E-state index < -0.39 is 6.10 Å². The molecule has 0 saturated carbocycles. The second-order valence-corrected chi connectivity index (χ2v) is 8.22. The molecule has 4 nitrogen and oxygen atoms in total. The Bertz CT molecular complexity index is 824. The number of halogens is 1. The Morgan fingerprint density at radius 1 is 1.28 bits per heavy atom. The predicted molar refractivity (Wildman–Crippen MR) is 117 cm³/mol. The van der Waals surface area contributed by atoms with Gasteiger partial charge >= 0.3 is 0 Å². The van der Waals surface area contributed by atoms with E-state index in [0.717, 1.165) is 43.4 Å². The van der Waals surface area contributed by atoms with E-state index in [1.165, 1.54) is 11.1 Å². The molecule has 0 amide bonds. The lowest BCUT2D eigenvalue weighted by atomic mass is 10.0. The van der Waals surface area contributed by atoms with Crippen molar-refractivity contribution in [2.75, 3.05) is 13.2 Å². The zero-order valence-electron chi connectivity index (χ0n) is 17.0. The predicted octanol–water partition coefficient (Wildman–Crippen LogP) is 4.66. The Kier molecular flexibility index (Phi) is 8.10. The molecule has 2 aromatic carbocycles. The molecule has 2 unspecified atom stereocenters. The molecule has 3 rings (SSSR count). The van der Waals surface area contributed by atoms with Crippen molar-refractivity contribution in [1.29, 1.82) is 0 Å². The van der Waals surface area contributed by atoms with Gasteiger partial charge in [0.2, 0.25) is 0 Å². The number of aryl methyl sites for hydroxylation is 1. The first-order chi connectivity index (χ1) is 14.0. The number of hydrogen-bond acceptors (Lipinski definition) is 4. The summed E-state index contributed by atoms with van der Waals surface area (Å²) in [4.78, 5) is 11.7. The van der Waals surface area contributed by atoms with Crippen molar-refractivity contribution in [2.24, 2.45) is 0 Å². The van der Waals surface area contributed by atoms with Crippen LogP contribution in [-0.2, 0) is 17.6 Å². The van der Waals surface area contributed by atoms with Crippen LogP contribution in [-0.4, -0.2) is 30.1 Å². The fourth-order valence-corrected chi connectivity index (χ4v) is 4.03. The van der Waals surface area contributed by atoms with Crippen molar-refractivity contribution >= 4 is 17.4 Å². The van der Waals surface area contributed by atoms with Gasteiger partial charge in [0.1, 0.15) is 12.4 Å². The quantitative estimate of drug-likeness (QED) is 0.585. The topological polar surface area (TPSA) is 58.6 Å². The summed E-state index contributed by atoms with van der Waals surface area (Å²) in [5.41, 5.74) is 3.43. The van der Waals surface area contributed by atoms with Crippen molar-refractivity contribution in [3.63, 3.8) is 0 Å². The molecule has 2 N–H and O–H groups in total. The van der Waals surface area contributed by atoms with E-state index in [4.69, 9.17) is 16.3 Å². The highest BCUT2D eigenvalue weighted by atomic mass is 35.5. The molecular formula is C24H30ClNO3. The van der Waals surface area contributed by atoms with Gasteiger partial charge in [-0.05, 0) is 73.1 Å². The molecular weight excluding hydrogens is 386 g/mol. The summed E-state index contributed by atoms with van der Waals surface area (Å²) < 4.78 is 5.71. The summed E-state index contributed by atoms with van der Waals surface area (Å²) in [6, 6.07) is 13.8. The van der Waals surface area contributed by atoms with Crippen LogP contribution in [0.25, 0.3) is 0 Å². The minimum absolute atomic E-state index is 0.136. The molecule has 1 aliphatic rings. The highest BCUT2D eigenvalue weighted by molar-refractivity contribution is 6.30. The van der Waals surface area contributed by atoms with Crippen molar-refractivity contribution in [3.8, 4) is 5.75 Å². The summed E-state index contributed by atoms with van der Waals surface area (Å²) in [6.07, 6.45) is 4.91. The van der Waals surface area contributed by atoms with Crippen LogP contribution < -0.4 is 10.1 Å². The van der Waals surface area contributed by atoms with Crippen LogP contribution >= 0.6 is 11.6 Å². The molecule has 0 fully saturated rings. The molecule has 29 heavy (non-hydrogen) atoms. The van der Waals surface area contributed by atoms with E-state index in [9.17, 15) is 9.90 Å². The molecule has 156 valence electrons. The molecule has 2 atom stereocenters. The van der Waals surface area contributed by atoms with Crippen LogP contribution in [0.3, 0.4) is 0 Å². The standard InChI is InChI=1S/C24H30ClNO3/c1-2-5-22(27)16-29-23-11-10-17-6-4-9-21(13-19(17)14-23)26-15-24(28)18-7-3-8-20(25)12-18/h3,7-8,10-12,14,21,24,26,28H,2,4-6,9,13,15-16H2,1H3. The molecule has 2 aromatic rings. The van der Waals surface area contributed by atoms with Crippen LogP contribution in [0.15, 0.2) is 42.5 Å². The lowest BCUT2D eigenvalue weighted by molar-refractivity contribution is -0.121. The third kappa shape index (κ3) is 6.56. The maximum atomic E-state index is 11.7. The summed E-state index contributed by atoms with van der Waals surface area (Å²) in [6.45, 7) is 2.62. The number of carbonyl (C=O) groups is 1. The summed E-state index contributed by atoms with van der Waals surface area (Å²) >= 11 is 6.03. The van der Waals surface area contributed by atoms with Gasteiger partial charge < -0.3 is 15.2 Å². The molecule has 0 spiro atoms. The number of nitrogens with one attached hydrogen (secondary N) is 1. The average Bonchev–Trinajstić information content (AvgIpc) is 2.92. The van der Waals surface area contributed by atoms with Crippen LogP contribution in [0.2, 0.25) is 5.02 Å². The zero-order valence-corrected chi connectivity index (χ0v) is 17.8. The number of ether oxygens (including phenoxy) is 1. The van der Waals surface area contributed by atoms with Crippen LogP contribution in [0.5, 0.6) is 5.75 Å².